The van der Waals surface area contributed by atoms with Gasteiger partial charge in [0.25, 0.3) is 0 Å². The van der Waals surface area contributed by atoms with Crippen molar-refractivity contribution in [2.24, 2.45) is 0 Å². The number of anilines is 1. The molecule has 0 atom stereocenters. The highest BCUT2D eigenvalue weighted by Gasteiger charge is 2.21. The first-order valence-electron chi connectivity index (χ1n) is 5.46. The van der Waals surface area contributed by atoms with Crippen LogP contribution in [0.25, 0.3) is 0 Å². The Morgan fingerprint density at radius 2 is 2.12 bits per heavy atom. The van der Waals surface area contributed by atoms with Crippen LogP contribution < -0.4 is 4.90 Å². The molecule has 1 saturated heterocycles. The molecule has 2 rings (SSSR count). The third-order valence-corrected chi connectivity index (χ3v) is 3.29. The molecular formula is C11H14BrN3O2. The molecule has 1 amide bonds. The van der Waals surface area contributed by atoms with Crippen molar-refractivity contribution in [3.8, 4) is 0 Å². The number of rotatable bonds is 2. The molecule has 2 heterocycles. The molecular weight excluding hydrogens is 286 g/mol. The van der Waals surface area contributed by atoms with Gasteiger partial charge in [-0.05, 0) is 12.1 Å². The number of hydrogen-bond acceptors (Lipinski definition) is 4. The van der Waals surface area contributed by atoms with Gasteiger partial charge in [0.15, 0.2) is 0 Å². The van der Waals surface area contributed by atoms with Gasteiger partial charge < -0.3 is 14.9 Å². The van der Waals surface area contributed by atoms with Crippen LogP contribution in [0.1, 0.15) is 0 Å². The highest BCUT2D eigenvalue weighted by molar-refractivity contribution is 9.10. The summed E-state index contributed by atoms with van der Waals surface area (Å²) in [7, 11) is 0. The van der Waals surface area contributed by atoms with E-state index in [0.717, 1.165) is 23.4 Å². The number of piperazine rings is 1. The van der Waals surface area contributed by atoms with Gasteiger partial charge in [0.05, 0.1) is 0 Å². The summed E-state index contributed by atoms with van der Waals surface area (Å²) in [4.78, 5) is 19.4. The van der Waals surface area contributed by atoms with E-state index in [-0.39, 0.29) is 5.91 Å². The number of halogens is 1. The maximum Gasteiger partial charge on any atom is 0.248 e. The fraction of sp³-hybridized carbons (Fsp3) is 0.455. The summed E-state index contributed by atoms with van der Waals surface area (Å²) in [6.07, 6.45) is 1.75. The first-order valence-corrected chi connectivity index (χ1v) is 6.25. The molecule has 0 aromatic carbocycles. The van der Waals surface area contributed by atoms with Crippen molar-refractivity contribution in [2.45, 2.75) is 0 Å². The Hall–Kier alpha value is -1.14. The highest BCUT2D eigenvalue weighted by Crippen LogP contribution is 2.18. The molecule has 1 aliphatic rings. The Kier molecular flexibility index (Phi) is 3.96. The first kappa shape index (κ1) is 12.3. The van der Waals surface area contributed by atoms with Gasteiger partial charge in [-0.15, -0.1) is 0 Å². The minimum Gasteiger partial charge on any atom is -0.387 e. The fourth-order valence-electron chi connectivity index (χ4n) is 1.85. The Morgan fingerprint density at radius 3 is 2.71 bits per heavy atom. The molecule has 0 bridgehead atoms. The molecule has 6 heteroatoms. The molecule has 92 valence electrons. The number of carbonyl (C=O) groups excluding carboxylic acids is 1. The van der Waals surface area contributed by atoms with Crippen LogP contribution in [0, 0.1) is 0 Å². The number of pyridine rings is 1. The van der Waals surface area contributed by atoms with Crippen LogP contribution in [0.5, 0.6) is 0 Å². The van der Waals surface area contributed by atoms with Crippen molar-refractivity contribution in [1.29, 1.82) is 0 Å². The number of aliphatic hydroxyl groups excluding tert-OH is 1. The summed E-state index contributed by atoms with van der Waals surface area (Å²) in [5, 5.41) is 8.78. The summed E-state index contributed by atoms with van der Waals surface area (Å²) in [6.45, 7) is 2.35. The molecule has 0 radical (unpaired) electrons. The Labute approximate surface area is 108 Å². The lowest BCUT2D eigenvalue weighted by molar-refractivity contribution is -0.134. The van der Waals surface area contributed by atoms with Crippen LogP contribution in [0.4, 0.5) is 5.82 Å². The molecule has 1 aromatic heterocycles. The van der Waals surface area contributed by atoms with E-state index < -0.39 is 6.61 Å². The SMILES string of the molecule is O=C(CO)N1CCN(c2cc(Br)ccn2)CC1. The lowest BCUT2D eigenvalue weighted by Gasteiger charge is -2.35. The van der Waals surface area contributed by atoms with Crippen molar-refractivity contribution in [3.05, 3.63) is 22.8 Å². The number of carbonyl (C=O) groups is 1. The Morgan fingerprint density at radius 1 is 1.41 bits per heavy atom. The summed E-state index contributed by atoms with van der Waals surface area (Å²) in [5.41, 5.74) is 0. The van der Waals surface area contributed by atoms with Crippen molar-refractivity contribution in [3.63, 3.8) is 0 Å². The Bertz CT molecular complexity index is 405. The number of aliphatic hydroxyl groups is 1. The molecule has 1 aromatic rings. The lowest BCUT2D eigenvalue weighted by atomic mass is 10.3. The smallest absolute Gasteiger partial charge is 0.248 e. The van der Waals surface area contributed by atoms with Gasteiger partial charge in [-0.25, -0.2) is 4.98 Å². The maximum absolute atomic E-state index is 11.3. The summed E-state index contributed by atoms with van der Waals surface area (Å²) >= 11 is 3.41. The van der Waals surface area contributed by atoms with E-state index in [2.05, 4.69) is 25.8 Å². The van der Waals surface area contributed by atoms with Gasteiger partial charge in [-0.3, -0.25) is 4.79 Å². The molecule has 0 aliphatic carbocycles. The van der Waals surface area contributed by atoms with E-state index >= 15 is 0 Å². The Balaban J connectivity index is 1.97. The quantitative estimate of drug-likeness (QED) is 0.863. The number of hydrogen-bond donors (Lipinski definition) is 1. The fourth-order valence-corrected chi connectivity index (χ4v) is 2.17. The van der Waals surface area contributed by atoms with Crippen LogP contribution in [0.3, 0.4) is 0 Å². The monoisotopic (exact) mass is 299 g/mol. The zero-order valence-electron chi connectivity index (χ0n) is 9.34. The topological polar surface area (TPSA) is 56.7 Å². The predicted molar refractivity (Wildman–Crippen MR) is 67.8 cm³/mol. The zero-order chi connectivity index (χ0) is 12.3. The van der Waals surface area contributed by atoms with Gasteiger partial charge in [-0.2, -0.15) is 0 Å². The van der Waals surface area contributed by atoms with Crippen molar-refractivity contribution >= 4 is 27.7 Å². The third-order valence-electron chi connectivity index (χ3n) is 2.80. The van der Waals surface area contributed by atoms with E-state index in [0.29, 0.717) is 13.1 Å². The van der Waals surface area contributed by atoms with Crippen LogP contribution in [0.15, 0.2) is 22.8 Å². The second-order valence-electron chi connectivity index (χ2n) is 3.86. The lowest BCUT2D eigenvalue weighted by Crippen LogP contribution is -2.49. The largest absolute Gasteiger partial charge is 0.387 e. The van der Waals surface area contributed by atoms with Gasteiger partial charge in [-0.1, -0.05) is 15.9 Å². The van der Waals surface area contributed by atoms with Gasteiger partial charge in [0, 0.05) is 36.8 Å². The molecule has 17 heavy (non-hydrogen) atoms. The average molecular weight is 300 g/mol. The summed E-state index contributed by atoms with van der Waals surface area (Å²) in [6, 6.07) is 3.85. The van der Waals surface area contributed by atoms with E-state index in [1.807, 2.05) is 12.1 Å². The third kappa shape index (κ3) is 2.95. The molecule has 0 unspecified atom stereocenters. The van der Waals surface area contributed by atoms with Gasteiger partial charge in [0.1, 0.15) is 12.4 Å². The van der Waals surface area contributed by atoms with Gasteiger partial charge >= 0.3 is 0 Å². The van der Waals surface area contributed by atoms with Crippen LogP contribution in [-0.4, -0.2) is 53.7 Å². The van der Waals surface area contributed by atoms with Crippen LogP contribution in [-0.2, 0) is 4.79 Å². The van der Waals surface area contributed by atoms with Crippen LogP contribution >= 0.6 is 15.9 Å². The van der Waals surface area contributed by atoms with E-state index in [9.17, 15) is 4.79 Å². The minimum atomic E-state index is -0.408. The molecule has 5 nitrogen and oxygen atoms in total. The minimum absolute atomic E-state index is 0.202. The van der Waals surface area contributed by atoms with Gasteiger partial charge in [0.2, 0.25) is 5.91 Å². The standard InChI is InChI=1S/C11H14BrN3O2/c12-9-1-2-13-10(7-9)14-3-5-15(6-4-14)11(17)8-16/h1-2,7,16H,3-6,8H2. The summed E-state index contributed by atoms with van der Waals surface area (Å²) in [5.74, 6) is 0.710. The molecule has 1 aliphatic heterocycles. The predicted octanol–water partition coefficient (Wildman–Crippen LogP) is 0.485. The summed E-state index contributed by atoms with van der Waals surface area (Å²) < 4.78 is 0.997. The number of nitrogens with zero attached hydrogens (tertiary/aromatic N) is 3. The highest BCUT2D eigenvalue weighted by atomic mass is 79.9. The second-order valence-corrected chi connectivity index (χ2v) is 4.77. The van der Waals surface area contributed by atoms with E-state index in [1.165, 1.54) is 0 Å². The maximum atomic E-state index is 11.3. The van der Waals surface area contributed by atoms with E-state index in [1.54, 1.807) is 11.1 Å². The second kappa shape index (κ2) is 5.46. The van der Waals surface area contributed by atoms with Crippen LogP contribution in [0.2, 0.25) is 0 Å². The number of amides is 1. The molecule has 1 fully saturated rings. The molecule has 0 spiro atoms. The molecule has 0 saturated carbocycles. The van der Waals surface area contributed by atoms with Crippen molar-refractivity contribution in [2.75, 3.05) is 37.7 Å². The number of aromatic nitrogens is 1. The average Bonchev–Trinajstić information content (AvgIpc) is 2.38. The van der Waals surface area contributed by atoms with Crippen molar-refractivity contribution in [1.82, 2.24) is 9.88 Å². The first-order chi connectivity index (χ1) is 8.20. The normalized spacial score (nSPS) is 16.1. The van der Waals surface area contributed by atoms with Crippen molar-refractivity contribution < 1.29 is 9.90 Å². The molecule has 1 N–H and O–H groups in total. The van der Waals surface area contributed by atoms with E-state index in [4.69, 9.17) is 5.11 Å². The zero-order valence-corrected chi connectivity index (χ0v) is 10.9.